The van der Waals surface area contributed by atoms with E-state index in [0.717, 1.165) is 79.8 Å². The molecule has 37 heavy (non-hydrogen) atoms. The highest BCUT2D eigenvalue weighted by Gasteiger charge is 2.26. The summed E-state index contributed by atoms with van der Waals surface area (Å²) in [6, 6.07) is 14.0. The molecule has 6 rings (SSSR count). The Hall–Kier alpha value is -3.98. The van der Waals surface area contributed by atoms with Crippen molar-refractivity contribution in [3.63, 3.8) is 0 Å². The summed E-state index contributed by atoms with van der Waals surface area (Å²) in [5.41, 5.74) is 4.36. The highest BCUT2D eigenvalue weighted by atomic mass is 16.2. The largest absolute Gasteiger partial charge is 0.368 e. The summed E-state index contributed by atoms with van der Waals surface area (Å²) in [5.74, 6) is 1.03. The number of fused-ring (bicyclic) bond motifs is 1. The normalized spacial score (nSPS) is 16.3. The summed E-state index contributed by atoms with van der Waals surface area (Å²) in [5, 5.41) is 10.6. The van der Waals surface area contributed by atoms with E-state index in [9.17, 15) is 4.79 Å². The maximum absolute atomic E-state index is 13.4. The van der Waals surface area contributed by atoms with E-state index >= 15 is 0 Å². The van der Waals surface area contributed by atoms with Gasteiger partial charge >= 0.3 is 0 Å². The van der Waals surface area contributed by atoms with Gasteiger partial charge in [-0.05, 0) is 49.6 Å². The summed E-state index contributed by atoms with van der Waals surface area (Å²) < 4.78 is 2.11. The number of piperazine rings is 1. The maximum atomic E-state index is 13.4. The van der Waals surface area contributed by atoms with Gasteiger partial charge in [-0.3, -0.25) is 4.79 Å². The van der Waals surface area contributed by atoms with Crippen molar-refractivity contribution >= 4 is 40.1 Å². The summed E-state index contributed by atoms with van der Waals surface area (Å²) in [7, 11) is 0. The Morgan fingerprint density at radius 3 is 2.59 bits per heavy atom. The number of amides is 1. The number of hydrogen-bond donors (Lipinski definition) is 3. The van der Waals surface area contributed by atoms with E-state index in [1.54, 1.807) is 6.20 Å². The Morgan fingerprint density at radius 2 is 1.84 bits per heavy atom. The van der Waals surface area contributed by atoms with Gasteiger partial charge in [-0.25, -0.2) is 9.97 Å². The molecule has 1 saturated heterocycles. The lowest BCUT2D eigenvalue weighted by Crippen LogP contribution is -2.43. The van der Waals surface area contributed by atoms with Crippen LogP contribution in [0.15, 0.2) is 54.9 Å². The molecule has 0 spiro atoms. The van der Waals surface area contributed by atoms with Crippen LogP contribution in [0.25, 0.3) is 11.0 Å². The topological polar surface area (TPSA) is 100 Å². The number of aromatic nitrogens is 4. The molecule has 4 aromatic rings. The van der Waals surface area contributed by atoms with Crippen LogP contribution in [0.5, 0.6) is 0 Å². The van der Waals surface area contributed by atoms with Crippen molar-refractivity contribution in [1.82, 2.24) is 24.8 Å². The second-order valence-corrected chi connectivity index (χ2v) is 9.84. The molecule has 1 saturated carbocycles. The number of hydrogen-bond acceptors (Lipinski definition) is 7. The Bertz CT molecular complexity index is 1400. The average Bonchev–Trinajstić information content (AvgIpc) is 3.59. The predicted molar refractivity (Wildman–Crippen MR) is 147 cm³/mol. The fourth-order valence-electron chi connectivity index (χ4n) is 5.36. The molecule has 0 atom stereocenters. The Morgan fingerprint density at radius 1 is 1.03 bits per heavy atom. The lowest BCUT2D eigenvalue weighted by molar-refractivity contribution is 0.101. The van der Waals surface area contributed by atoms with E-state index < -0.39 is 0 Å². The Kier molecular flexibility index (Phi) is 6.44. The van der Waals surface area contributed by atoms with Gasteiger partial charge in [0.25, 0.3) is 5.91 Å². The molecular formula is C28H32N8O. The number of anilines is 4. The van der Waals surface area contributed by atoms with Gasteiger partial charge in [0, 0.05) is 49.5 Å². The third-order valence-corrected chi connectivity index (χ3v) is 7.36. The van der Waals surface area contributed by atoms with Gasteiger partial charge in [0.05, 0.1) is 11.9 Å². The number of nitrogens with one attached hydrogen (secondary N) is 3. The van der Waals surface area contributed by atoms with Crippen LogP contribution >= 0.6 is 0 Å². The van der Waals surface area contributed by atoms with Crippen molar-refractivity contribution in [3.05, 3.63) is 66.1 Å². The molecule has 1 aromatic carbocycles. The maximum Gasteiger partial charge on any atom is 0.272 e. The van der Waals surface area contributed by atoms with Crippen molar-refractivity contribution in [3.8, 4) is 0 Å². The zero-order valence-electron chi connectivity index (χ0n) is 21.1. The van der Waals surface area contributed by atoms with Crippen LogP contribution in [0.3, 0.4) is 0 Å². The zero-order chi connectivity index (χ0) is 25.2. The van der Waals surface area contributed by atoms with E-state index in [-0.39, 0.29) is 11.9 Å². The van der Waals surface area contributed by atoms with Crippen molar-refractivity contribution in [1.29, 1.82) is 0 Å². The van der Waals surface area contributed by atoms with E-state index in [0.29, 0.717) is 17.5 Å². The van der Waals surface area contributed by atoms with Gasteiger partial charge in [0.1, 0.15) is 17.2 Å². The van der Waals surface area contributed by atoms with Gasteiger partial charge in [0.15, 0.2) is 0 Å². The first kappa shape index (κ1) is 23.4. The Balaban J connectivity index is 1.29. The van der Waals surface area contributed by atoms with Crippen molar-refractivity contribution in [2.24, 2.45) is 0 Å². The number of pyridine rings is 1. The van der Waals surface area contributed by atoms with E-state index in [2.05, 4.69) is 41.5 Å². The molecule has 1 aliphatic carbocycles. The third-order valence-electron chi connectivity index (χ3n) is 7.36. The van der Waals surface area contributed by atoms with Crippen molar-refractivity contribution < 1.29 is 4.79 Å². The molecule has 0 radical (unpaired) electrons. The molecule has 1 aliphatic heterocycles. The summed E-state index contributed by atoms with van der Waals surface area (Å²) in [6.45, 7) is 5.92. The minimum absolute atomic E-state index is 0.126. The van der Waals surface area contributed by atoms with Crippen LogP contribution in [0.4, 0.5) is 23.1 Å². The molecule has 9 nitrogen and oxygen atoms in total. The van der Waals surface area contributed by atoms with Crippen LogP contribution < -0.4 is 20.9 Å². The minimum Gasteiger partial charge on any atom is -0.368 e. The predicted octanol–water partition coefficient (Wildman–Crippen LogP) is 4.66. The molecule has 0 unspecified atom stereocenters. The molecule has 4 heterocycles. The average molecular weight is 497 g/mol. The van der Waals surface area contributed by atoms with Crippen LogP contribution in [0.2, 0.25) is 0 Å². The molecule has 2 fully saturated rings. The highest BCUT2D eigenvalue weighted by Crippen LogP contribution is 2.35. The standard InChI is InChI=1S/C28H32N8O/c1-19-6-2-5-9-23(19)32-27(37)24-16-20-17-31-28(34-26(20)36(24)21-7-3-4-8-21)33-25-11-10-22(18-30-25)35-14-12-29-13-15-35/h2,5-6,9-11,16-18,21,29H,3-4,7-8,12-15H2,1H3,(H,32,37)(H,30,31,33,34). The lowest BCUT2D eigenvalue weighted by Gasteiger charge is -2.29. The fraction of sp³-hybridized carbons (Fsp3) is 0.357. The van der Waals surface area contributed by atoms with Gasteiger partial charge in [-0.2, -0.15) is 4.98 Å². The summed E-state index contributed by atoms with van der Waals surface area (Å²) >= 11 is 0. The molecule has 0 bridgehead atoms. The molecule has 9 heteroatoms. The number of benzene rings is 1. The quantitative estimate of drug-likeness (QED) is 0.357. The molecule has 190 valence electrons. The summed E-state index contributed by atoms with van der Waals surface area (Å²) in [4.78, 5) is 29.7. The van der Waals surface area contributed by atoms with Crippen LogP contribution in [0.1, 0.15) is 47.8 Å². The molecule has 3 N–H and O–H groups in total. The number of carbonyl (C=O) groups is 1. The number of aryl methyl sites for hydroxylation is 1. The van der Waals surface area contributed by atoms with Gasteiger partial charge in [-0.1, -0.05) is 31.0 Å². The molecule has 1 amide bonds. The van der Waals surface area contributed by atoms with Crippen LogP contribution in [-0.4, -0.2) is 51.6 Å². The smallest absolute Gasteiger partial charge is 0.272 e. The molecular weight excluding hydrogens is 464 g/mol. The SMILES string of the molecule is Cc1ccccc1NC(=O)c1cc2cnc(Nc3ccc(N4CCNCC4)cn3)nc2n1C1CCCC1. The first-order valence-electron chi connectivity index (χ1n) is 13.1. The number of nitrogens with zero attached hydrogens (tertiary/aromatic N) is 5. The van der Waals surface area contributed by atoms with Crippen LogP contribution in [-0.2, 0) is 0 Å². The van der Waals surface area contributed by atoms with E-state index in [4.69, 9.17) is 4.98 Å². The monoisotopic (exact) mass is 496 g/mol. The van der Waals surface area contributed by atoms with Crippen molar-refractivity contribution in [2.45, 2.75) is 38.6 Å². The molecule has 2 aliphatic rings. The molecule has 3 aromatic heterocycles. The Labute approximate surface area is 216 Å². The number of rotatable bonds is 6. The summed E-state index contributed by atoms with van der Waals surface area (Å²) in [6.07, 6.45) is 8.06. The zero-order valence-corrected chi connectivity index (χ0v) is 21.1. The van der Waals surface area contributed by atoms with E-state index in [1.165, 1.54) is 0 Å². The van der Waals surface area contributed by atoms with Crippen molar-refractivity contribution in [2.75, 3.05) is 41.7 Å². The lowest BCUT2D eigenvalue weighted by atomic mass is 10.2. The number of carbonyl (C=O) groups excluding carboxylic acids is 1. The first-order valence-corrected chi connectivity index (χ1v) is 13.1. The van der Waals surface area contributed by atoms with E-state index in [1.807, 2.05) is 49.5 Å². The van der Waals surface area contributed by atoms with Gasteiger partial charge in [0.2, 0.25) is 5.95 Å². The van der Waals surface area contributed by atoms with Crippen LogP contribution in [0, 0.1) is 6.92 Å². The second-order valence-electron chi connectivity index (χ2n) is 9.84. The number of para-hydroxylation sites is 1. The minimum atomic E-state index is -0.126. The first-order chi connectivity index (χ1) is 18.2. The second kappa shape index (κ2) is 10.2. The van der Waals surface area contributed by atoms with Gasteiger partial charge < -0.3 is 25.4 Å². The third kappa shape index (κ3) is 4.86. The van der Waals surface area contributed by atoms with Gasteiger partial charge in [-0.15, -0.1) is 0 Å². The highest BCUT2D eigenvalue weighted by molar-refractivity contribution is 6.06. The fourth-order valence-corrected chi connectivity index (χ4v) is 5.36.